The molecule has 0 aliphatic rings. The average molecular weight is 560 g/mol. The molecule has 0 spiro atoms. The largest absolute Gasteiger partial charge is 0.456 e. The minimum absolute atomic E-state index is 0.0637. The van der Waals surface area contributed by atoms with Gasteiger partial charge in [-0.05, 0) is 90.0 Å². The molecule has 1 heteroatoms. The van der Waals surface area contributed by atoms with Crippen LogP contribution in [0.25, 0.3) is 87.6 Å². The Bertz CT molecular complexity index is 3130. The predicted molar refractivity (Wildman–Crippen MR) is 183 cm³/mol. The van der Waals surface area contributed by atoms with E-state index in [2.05, 4.69) is 6.07 Å². The number of fused-ring (bicyclic) bond motifs is 6. The predicted octanol–water partition coefficient (Wildman–Crippen LogP) is 12.0. The first-order chi connectivity index (χ1) is 26.7. The number of hydrogen-bond acceptors (Lipinski definition) is 1. The second-order valence-electron chi connectivity index (χ2n) is 10.3. The molecule has 0 saturated heterocycles. The molecule has 0 radical (unpaired) electrons. The first-order valence-corrected chi connectivity index (χ1v) is 13.7. The third kappa shape index (κ3) is 3.72. The molecule has 1 aromatic heterocycles. The molecule has 1 heterocycles. The summed E-state index contributed by atoms with van der Waals surface area (Å²) in [6, 6.07) is 16.8. The molecular formula is C42H26O. The molecule has 1 nitrogen and oxygen atoms in total. The lowest BCUT2D eigenvalue weighted by Gasteiger charge is -2.17. The first kappa shape index (κ1) is 14.5. The molecule has 0 aliphatic carbocycles. The summed E-state index contributed by atoms with van der Waals surface area (Å²) in [4.78, 5) is 0. The third-order valence-electron chi connectivity index (χ3n) is 7.99. The molecule has 0 atom stereocenters. The lowest BCUT2D eigenvalue weighted by molar-refractivity contribution is 0.669. The van der Waals surface area contributed by atoms with Crippen molar-refractivity contribution in [2.24, 2.45) is 0 Å². The Balaban J connectivity index is 1.43. The van der Waals surface area contributed by atoms with Crippen molar-refractivity contribution in [3.63, 3.8) is 0 Å². The standard InChI is InChI=1S/C42H26O/c1-2-12-28(13-3-1)41-34-16-6-8-18-36(34)42(37-19-9-7-17-35(37)41)30-22-24-39-38(25-30)33-23-21-29(26-40(33)43-39)32-20-10-14-27-11-4-5-15-31(27)32/h1-26H/i1D,2D,3D,6D,7D,8D,9D,12D,13D,16D,17D,18D,19D. The normalized spacial score (nSPS) is 16.0. The van der Waals surface area contributed by atoms with Crippen LogP contribution in [-0.4, -0.2) is 0 Å². The fourth-order valence-electron chi connectivity index (χ4n) is 6.12. The summed E-state index contributed by atoms with van der Waals surface area (Å²) < 4.78 is 121. The molecule has 0 N–H and O–H groups in total. The third-order valence-corrected chi connectivity index (χ3v) is 7.99. The smallest absolute Gasteiger partial charge is 0.136 e. The van der Waals surface area contributed by atoms with Gasteiger partial charge in [-0.15, -0.1) is 0 Å². The Kier molecular flexibility index (Phi) is 3.18. The van der Waals surface area contributed by atoms with E-state index in [1.54, 1.807) is 18.2 Å². The lowest BCUT2D eigenvalue weighted by Crippen LogP contribution is -1.90. The fourth-order valence-corrected chi connectivity index (χ4v) is 6.12. The molecule has 9 rings (SSSR count). The van der Waals surface area contributed by atoms with Gasteiger partial charge in [-0.1, -0.05) is 133 Å². The van der Waals surface area contributed by atoms with E-state index in [1.165, 1.54) is 0 Å². The van der Waals surface area contributed by atoms with Crippen molar-refractivity contribution in [3.05, 3.63) is 157 Å². The van der Waals surface area contributed by atoms with Crippen LogP contribution in [-0.2, 0) is 0 Å². The van der Waals surface area contributed by atoms with Gasteiger partial charge in [0.1, 0.15) is 11.2 Å². The van der Waals surface area contributed by atoms with E-state index in [-0.39, 0.29) is 32.7 Å². The zero-order valence-electron chi connectivity index (χ0n) is 35.4. The van der Waals surface area contributed by atoms with E-state index in [9.17, 15) is 2.74 Å². The van der Waals surface area contributed by atoms with E-state index in [1.807, 2.05) is 54.6 Å². The molecule has 8 aromatic carbocycles. The molecule has 0 saturated carbocycles. The van der Waals surface area contributed by atoms with Gasteiger partial charge in [-0.25, -0.2) is 0 Å². The number of rotatable bonds is 3. The highest BCUT2D eigenvalue weighted by Crippen LogP contribution is 2.45. The highest BCUT2D eigenvalue weighted by atomic mass is 16.3. The van der Waals surface area contributed by atoms with Crippen LogP contribution in [0.5, 0.6) is 0 Å². The second-order valence-corrected chi connectivity index (χ2v) is 10.3. The zero-order chi connectivity index (χ0) is 39.6. The van der Waals surface area contributed by atoms with Crippen LogP contribution < -0.4 is 0 Å². The summed E-state index contributed by atoms with van der Waals surface area (Å²) in [7, 11) is 0. The van der Waals surface area contributed by atoms with Crippen LogP contribution in [0, 0.1) is 0 Å². The average Bonchev–Trinajstić information content (AvgIpc) is 3.58. The molecule has 0 unspecified atom stereocenters. The molecule has 200 valence electrons. The molecule has 0 fully saturated rings. The summed E-state index contributed by atoms with van der Waals surface area (Å²) in [5, 5.41) is 2.76. The molecule has 0 amide bonds. The van der Waals surface area contributed by atoms with E-state index >= 15 is 0 Å². The topological polar surface area (TPSA) is 13.1 Å². The van der Waals surface area contributed by atoms with Gasteiger partial charge in [0.2, 0.25) is 0 Å². The Morgan fingerprint density at radius 1 is 0.395 bits per heavy atom. The summed E-state index contributed by atoms with van der Waals surface area (Å²) in [5.41, 5.74) is 2.68. The molecular weight excluding hydrogens is 520 g/mol. The van der Waals surface area contributed by atoms with Gasteiger partial charge in [-0.2, -0.15) is 0 Å². The van der Waals surface area contributed by atoms with E-state index in [0.717, 1.165) is 27.3 Å². The van der Waals surface area contributed by atoms with Crippen LogP contribution in [0.2, 0.25) is 0 Å². The van der Waals surface area contributed by atoms with E-state index in [0.29, 0.717) is 22.1 Å². The molecule has 9 aromatic rings. The molecule has 43 heavy (non-hydrogen) atoms. The lowest BCUT2D eigenvalue weighted by atomic mass is 9.86. The highest BCUT2D eigenvalue weighted by molar-refractivity contribution is 6.22. The summed E-state index contributed by atoms with van der Waals surface area (Å²) in [5.74, 6) is 0. The molecule has 0 aliphatic heterocycles. The SMILES string of the molecule is [2H]c1c([2H])c([2H])c(-c2c3c([2H])c([2H])c([2H])c([2H])c3c(-c3ccc4oc5cc(-c6cccc7ccccc67)ccc5c4c3)c3c([2H])c([2H])c([2H])c([2H])c23)c([2H])c1[2H]. The van der Waals surface area contributed by atoms with Crippen molar-refractivity contribution in [1.82, 2.24) is 0 Å². The van der Waals surface area contributed by atoms with Crippen molar-refractivity contribution < 1.29 is 22.2 Å². The van der Waals surface area contributed by atoms with E-state index < -0.39 is 84.1 Å². The Hall–Kier alpha value is -5.66. The van der Waals surface area contributed by atoms with Gasteiger partial charge >= 0.3 is 0 Å². The van der Waals surface area contributed by atoms with Gasteiger partial charge < -0.3 is 4.42 Å². The number of benzene rings is 8. The van der Waals surface area contributed by atoms with Crippen LogP contribution in [0.1, 0.15) is 17.8 Å². The van der Waals surface area contributed by atoms with Gasteiger partial charge in [0.25, 0.3) is 0 Å². The van der Waals surface area contributed by atoms with Crippen molar-refractivity contribution in [3.8, 4) is 33.4 Å². The molecule has 0 bridgehead atoms. The Morgan fingerprint density at radius 2 is 1.02 bits per heavy atom. The fraction of sp³-hybridized carbons (Fsp3) is 0. The van der Waals surface area contributed by atoms with Crippen molar-refractivity contribution in [1.29, 1.82) is 0 Å². The van der Waals surface area contributed by atoms with Gasteiger partial charge in [-0.3, -0.25) is 0 Å². The number of hydrogen-bond donors (Lipinski definition) is 0. The van der Waals surface area contributed by atoms with Gasteiger partial charge in [0, 0.05) is 10.8 Å². The minimum atomic E-state index is -0.714. The van der Waals surface area contributed by atoms with Crippen LogP contribution in [0.4, 0.5) is 0 Å². The van der Waals surface area contributed by atoms with Crippen molar-refractivity contribution >= 4 is 54.3 Å². The second kappa shape index (κ2) is 9.44. The van der Waals surface area contributed by atoms with Crippen molar-refractivity contribution in [2.75, 3.05) is 0 Å². The summed E-state index contributed by atoms with van der Waals surface area (Å²) in [6.07, 6.45) is 0. The minimum Gasteiger partial charge on any atom is -0.456 e. The zero-order valence-corrected chi connectivity index (χ0v) is 22.4. The maximum absolute atomic E-state index is 9.22. The van der Waals surface area contributed by atoms with Crippen LogP contribution in [0.3, 0.4) is 0 Å². The highest BCUT2D eigenvalue weighted by Gasteiger charge is 2.18. The van der Waals surface area contributed by atoms with Crippen molar-refractivity contribution in [2.45, 2.75) is 0 Å². The monoisotopic (exact) mass is 559 g/mol. The quantitative estimate of drug-likeness (QED) is 0.196. The Labute approximate surface area is 267 Å². The Morgan fingerprint density at radius 3 is 1.77 bits per heavy atom. The van der Waals surface area contributed by atoms with Crippen LogP contribution >= 0.6 is 0 Å². The van der Waals surface area contributed by atoms with Gasteiger partial charge in [0.15, 0.2) is 0 Å². The van der Waals surface area contributed by atoms with Crippen LogP contribution in [0.15, 0.2) is 162 Å². The van der Waals surface area contributed by atoms with E-state index in [4.69, 9.17) is 19.5 Å². The summed E-state index contributed by atoms with van der Waals surface area (Å²) >= 11 is 0. The number of furan rings is 1. The van der Waals surface area contributed by atoms with Gasteiger partial charge in [0.05, 0.1) is 17.8 Å². The maximum Gasteiger partial charge on any atom is 0.136 e. The maximum atomic E-state index is 9.22. The summed E-state index contributed by atoms with van der Waals surface area (Å²) in [6.45, 7) is 0. The first-order valence-electron chi connectivity index (χ1n) is 20.2.